The number of aliphatic hydroxyl groups is 1. The molecule has 0 aliphatic heterocycles. The van der Waals surface area contributed by atoms with E-state index >= 15 is 0 Å². The summed E-state index contributed by atoms with van der Waals surface area (Å²) in [5.41, 5.74) is 6.97. The second-order valence-corrected chi connectivity index (χ2v) is 3.92. The molecule has 17 heavy (non-hydrogen) atoms. The molecule has 1 aromatic carbocycles. The van der Waals surface area contributed by atoms with E-state index in [0.717, 1.165) is 5.56 Å². The first-order chi connectivity index (χ1) is 8.02. The van der Waals surface area contributed by atoms with Crippen LogP contribution in [0.15, 0.2) is 29.6 Å². The van der Waals surface area contributed by atoms with Crippen molar-refractivity contribution in [1.82, 2.24) is 0 Å². The number of nitrogens with one attached hydrogen (secondary N) is 1. The van der Waals surface area contributed by atoms with E-state index in [-0.39, 0.29) is 17.2 Å². The van der Waals surface area contributed by atoms with Gasteiger partial charge in [-0.15, -0.1) is 0 Å². The van der Waals surface area contributed by atoms with Crippen LogP contribution in [-0.4, -0.2) is 17.0 Å². The van der Waals surface area contributed by atoms with Gasteiger partial charge in [0, 0.05) is 5.69 Å². The summed E-state index contributed by atoms with van der Waals surface area (Å²) in [4.78, 5) is 11.0. The van der Waals surface area contributed by atoms with Crippen molar-refractivity contribution in [2.75, 3.05) is 5.32 Å². The molecule has 2 rings (SSSR count). The van der Waals surface area contributed by atoms with Crippen LogP contribution in [0.2, 0.25) is 0 Å². The predicted octanol–water partition coefficient (Wildman–Crippen LogP) is 0.914. The predicted molar refractivity (Wildman–Crippen MR) is 61.6 cm³/mol. The molecule has 1 unspecified atom stereocenters. The van der Waals surface area contributed by atoms with Crippen molar-refractivity contribution in [3.8, 4) is 0 Å². The van der Waals surface area contributed by atoms with Crippen LogP contribution in [-0.2, 0) is 11.2 Å². The zero-order valence-electron chi connectivity index (χ0n) is 9.33. The summed E-state index contributed by atoms with van der Waals surface area (Å²) >= 11 is 0. The lowest BCUT2D eigenvalue weighted by Gasteiger charge is -2.26. The molecular weight excluding hydrogens is 223 g/mol. The molecule has 0 saturated heterocycles. The molecule has 0 heterocycles. The highest BCUT2D eigenvalue weighted by molar-refractivity contribution is 6.08. The number of nitrogens with two attached hydrogens (primary N) is 1. The number of anilines is 1. The summed E-state index contributed by atoms with van der Waals surface area (Å²) in [7, 11) is 0. The Kier molecular flexibility index (Phi) is 2.85. The van der Waals surface area contributed by atoms with Gasteiger partial charge in [-0.2, -0.15) is 0 Å². The Morgan fingerprint density at radius 1 is 1.47 bits per heavy atom. The Labute approximate surface area is 97.9 Å². The lowest BCUT2D eigenvalue weighted by Crippen LogP contribution is -2.43. The minimum absolute atomic E-state index is 0.000176. The Morgan fingerprint density at radius 2 is 2.18 bits per heavy atom. The number of benzene rings is 1. The SMILES string of the molecule is CCc1cc(F)cc(NC2=C(N)C(=O)C2O)c1. The van der Waals surface area contributed by atoms with Gasteiger partial charge < -0.3 is 16.2 Å². The van der Waals surface area contributed by atoms with Crippen molar-refractivity contribution in [2.24, 2.45) is 5.73 Å². The van der Waals surface area contributed by atoms with Crippen LogP contribution in [0.1, 0.15) is 12.5 Å². The fourth-order valence-electron chi connectivity index (χ4n) is 1.70. The van der Waals surface area contributed by atoms with Crippen molar-refractivity contribution < 1.29 is 14.3 Å². The van der Waals surface area contributed by atoms with Gasteiger partial charge in [0.25, 0.3) is 0 Å². The smallest absolute Gasteiger partial charge is 0.214 e. The number of carbonyl (C=O) groups is 1. The standard InChI is InChI=1S/C12H13FN2O2/c1-2-6-3-7(13)5-8(4-6)15-10-9(14)11(16)12(10)17/h3-5,12,15,17H,2,14H2,1H3. The van der Waals surface area contributed by atoms with Crippen LogP contribution in [0.25, 0.3) is 0 Å². The number of aliphatic hydroxyl groups excluding tert-OH is 1. The molecule has 1 atom stereocenters. The van der Waals surface area contributed by atoms with E-state index in [9.17, 15) is 14.3 Å². The minimum Gasteiger partial charge on any atom is -0.394 e. The summed E-state index contributed by atoms with van der Waals surface area (Å²) < 4.78 is 13.2. The average Bonchev–Trinajstić information content (AvgIpc) is 2.33. The van der Waals surface area contributed by atoms with Crippen molar-refractivity contribution in [3.05, 3.63) is 41.0 Å². The molecule has 0 fully saturated rings. The molecule has 90 valence electrons. The first-order valence-electron chi connectivity index (χ1n) is 5.31. The highest BCUT2D eigenvalue weighted by atomic mass is 19.1. The topological polar surface area (TPSA) is 75.3 Å². The molecule has 0 spiro atoms. The van der Waals surface area contributed by atoms with E-state index in [2.05, 4.69) is 5.32 Å². The van der Waals surface area contributed by atoms with E-state index in [1.807, 2.05) is 6.92 Å². The maximum absolute atomic E-state index is 13.2. The first kappa shape index (κ1) is 11.6. The van der Waals surface area contributed by atoms with Gasteiger partial charge in [-0.25, -0.2) is 4.39 Å². The van der Waals surface area contributed by atoms with E-state index in [0.29, 0.717) is 12.1 Å². The largest absolute Gasteiger partial charge is 0.394 e. The van der Waals surface area contributed by atoms with Gasteiger partial charge in [-0.1, -0.05) is 6.92 Å². The first-order valence-corrected chi connectivity index (χ1v) is 5.31. The Balaban J connectivity index is 2.26. The molecule has 4 nitrogen and oxygen atoms in total. The zero-order chi connectivity index (χ0) is 12.6. The summed E-state index contributed by atoms with van der Waals surface area (Å²) in [5, 5.41) is 12.1. The quantitative estimate of drug-likeness (QED) is 0.729. The van der Waals surface area contributed by atoms with Gasteiger partial charge >= 0.3 is 0 Å². The summed E-state index contributed by atoms with van der Waals surface area (Å²) in [6, 6.07) is 4.47. The highest BCUT2D eigenvalue weighted by Gasteiger charge is 2.36. The van der Waals surface area contributed by atoms with Crippen molar-refractivity contribution >= 4 is 11.5 Å². The maximum Gasteiger partial charge on any atom is 0.214 e. The number of hydrogen-bond acceptors (Lipinski definition) is 4. The number of carbonyl (C=O) groups excluding carboxylic acids is 1. The molecular formula is C12H13FN2O2. The summed E-state index contributed by atoms with van der Waals surface area (Å²) in [6.45, 7) is 1.91. The molecule has 5 heteroatoms. The van der Waals surface area contributed by atoms with Gasteiger partial charge in [0.15, 0.2) is 6.10 Å². The van der Waals surface area contributed by atoms with Crippen molar-refractivity contribution in [1.29, 1.82) is 0 Å². The molecule has 0 aromatic heterocycles. The molecule has 0 saturated carbocycles. The third-order valence-electron chi connectivity index (χ3n) is 2.72. The molecule has 0 radical (unpaired) electrons. The summed E-state index contributed by atoms with van der Waals surface area (Å²) in [6.07, 6.45) is -0.522. The Morgan fingerprint density at radius 3 is 2.76 bits per heavy atom. The van der Waals surface area contributed by atoms with Crippen LogP contribution < -0.4 is 11.1 Å². The molecule has 0 amide bonds. The van der Waals surface area contributed by atoms with Crippen LogP contribution >= 0.6 is 0 Å². The van der Waals surface area contributed by atoms with Gasteiger partial charge in [0.2, 0.25) is 5.78 Å². The third kappa shape index (κ3) is 2.01. The molecule has 0 bridgehead atoms. The molecule has 1 aromatic rings. The zero-order valence-corrected chi connectivity index (χ0v) is 9.33. The van der Waals surface area contributed by atoms with Crippen LogP contribution in [0.3, 0.4) is 0 Å². The van der Waals surface area contributed by atoms with Gasteiger partial charge in [-0.05, 0) is 30.2 Å². The van der Waals surface area contributed by atoms with E-state index in [1.165, 1.54) is 12.1 Å². The normalized spacial score (nSPS) is 19.2. The van der Waals surface area contributed by atoms with Crippen molar-refractivity contribution in [2.45, 2.75) is 19.4 Å². The van der Waals surface area contributed by atoms with E-state index < -0.39 is 11.9 Å². The second-order valence-electron chi connectivity index (χ2n) is 3.92. The van der Waals surface area contributed by atoms with Crippen LogP contribution in [0.4, 0.5) is 10.1 Å². The number of aryl methyl sites for hydroxylation is 1. The lowest BCUT2D eigenvalue weighted by atomic mass is 9.95. The Hall–Kier alpha value is -1.88. The van der Waals surface area contributed by atoms with Crippen LogP contribution in [0.5, 0.6) is 0 Å². The number of Topliss-reactive ketones (excluding diaryl/α,β-unsaturated/α-hetero) is 1. The molecule has 1 aliphatic rings. The number of ketones is 1. The van der Waals surface area contributed by atoms with Crippen molar-refractivity contribution in [3.63, 3.8) is 0 Å². The number of rotatable bonds is 3. The lowest BCUT2D eigenvalue weighted by molar-refractivity contribution is -0.124. The maximum atomic E-state index is 13.2. The second kappa shape index (κ2) is 4.18. The minimum atomic E-state index is -1.22. The molecule has 4 N–H and O–H groups in total. The average molecular weight is 236 g/mol. The fraction of sp³-hybridized carbons (Fsp3) is 0.250. The Bertz CT molecular complexity index is 511. The molecule has 1 aliphatic carbocycles. The van der Waals surface area contributed by atoms with Gasteiger partial charge in [-0.3, -0.25) is 4.79 Å². The third-order valence-corrected chi connectivity index (χ3v) is 2.72. The van der Waals surface area contributed by atoms with E-state index in [1.54, 1.807) is 6.07 Å². The van der Waals surface area contributed by atoms with E-state index in [4.69, 9.17) is 5.73 Å². The fourth-order valence-corrected chi connectivity index (χ4v) is 1.70. The summed E-state index contributed by atoms with van der Waals surface area (Å²) in [5.74, 6) is -0.870. The van der Waals surface area contributed by atoms with Crippen LogP contribution in [0, 0.1) is 5.82 Å². The van der Waals surface area contributed by atoms with Gasteiger partial charge in [0.1, 0.15) is 11.5 Å². The van der Waals surface area contributed by atoms with Gasteiger partial charge in [0.05, 0.1) is 5.70 Å². The number of hydrogen-bond donors (Lipinski definition) is 3. The number of halogens is 1. The monoisotopic (exact) mass is 236 g/mol. The highest BCUT2D eigenvalue weighted by Crippen LogP contribution is 2.24.